The van der Waals surface area contributed by atoms with Crippen LogP contribution in [0.25, 0.3) is 10.8 Å². The van der Waals surface area contributed by atoms with Crippen LogP contribution in [-0.4, -0.2) is 22.0 Å². The SMILES string of the molecule is Cc1ccc(C(=O)c2cccc3cccc(C(=O)O)c23)c(O)c1. The molecule has 114 valence electrons. The first-order chi connectivity index (χ1) is 11.0. The minimum atomic E-state index is -1.09. The maximum Gasteiger partial charge on any atom is 0.336 e. The summed E-state index contributed by atoms with van der Waals surface area (Å²) in [5, 5.41) is 20.5. The minimum absolute atomic E-state index is 0.0676. The van der Waals surface area contributed by atoms with Crippen molar-refractivity contribution in [3.05, 3.63) is 76.9 Å². The highest BCUT2D eigenvalue weighted by Crippen LogP contribution is 2.28. The van der Waals surface area contributed by atoms with E-state index in [0.717, 1.165) is 5.56 Å². The fourth-order valence-corrected chi connectivity index (χ4v) is 2.69. The molecule has 0 amide bonds. The number of carboxylic acid groups (broad SMARTS) is 1. The second kappa shape index (κ2) is 5.57. The van der Waals surface area contributed by atoms with Crippen LogP contribution in [-0.2, 0) is 0 Å². The normalized spacial score (nSPS) is 10.7. The molecule has 4 heteroatoms. The lowest BCUT2D eigenvalue weighted by atomic mass is 9.93. The number of hydrogen-bond acceptors (Lipinski definition) is 3. The third kappa shape index (κ3) is 2.55. The first-order valence-corrected chi connectivity index (χ1v) is 7.08. The molecule has 0 unspecified atom stereocenters. The average molecular weight is 306 g/mol. The molecule has 3 aromatic carbocycles. The van der Waals surface area contributed by atoms with Crippen LogP contribution in [0.3, 0.4) is 0 Å². The van der Waals surface area contributed by atoms with Gasteiger partial charge in [0.15, 0.2) is 5.78 Å². The van der Waals surface area contributed by atoms with Gasteiger partial charge in [0.05, 0.1) is 11.1 Å². The summed E-state index contributed by atoms with van der Waals surface area (Å²) in [6.45, 7) is 1.81. The first-order valence-electron chi connectivity index (χ1n) is 7.08. The lowest BCUT2D eigenvalue weighted by molar-refractivity contribution is 0.0699. The van der Waals surface area contributed by atoms with Gasteiger partial charge in [-0.3, -0.25) is 4.79 Å². The molecular weight excluding hydrogens is 292 g/mol. The van der Waals surface area contributed by atoms with E-state index in [9.17, 15) is 19.8 Å². The quantitative estimate of drug-likeness (QED) is 0.722. The number of phenolic OH excluding ortho intramolecular Hbond substituents is 1. The third-order valence-corrected chi connectivity index (χ3v) is 3.78. The monoisotopic (exact) mass is 306 g/mol. The summed E-state index contributed by atoms with van der Waals surface area (Å²) in [6, 6.07) is 14.7. The van der Waals surface area contributed by atoms with Crippen molar-refractivity contribution < 1.29 is 19.8 Å². The summed E-state index contributed by atoms with van der Waals surface area (Å²) in [4.78, 5) is 24.3. The van der Waals surface area contributed by atoms with Crippen molar-refractivity contribution in [2.75, 3.05) is 0 Å². The number of benzene rings is 3. The number of hydrogen-bond donors (Lipinski definition) is 2. The molecule has 0 fully saturated rings. The van der Waals surface area contributed by atoms with E-state index < -0.39 is 11.8 Å². The summed E-state index contributed by atoms with van der Waals surface area (Å²) in [6.07, 6.45) is 0. The van der Waals surface area contributed by atoms with Crippen LogP contribution < -0.4 is 0 Å². The number of rotatable bonds is 3. The van der Waals surface area contributed by atoms with E-state index in [1.54, 1.807) is 42.5 Å². The molecule has 3 rings (SSSR count). The van der Waals surface area contributed by atoms with Gasteiger partial charge in [0.2, 0.25) is 0 Å². The number of ketones is 1. The summed E-state index contributed by atoms with van der Waals surface area (Å²) in [5.41, 5.74) is 1.32. The van der Waals surface area contributed by atoms with E-state index in [-0.39, 0.29) is 22.4 Å². The Balaban J connectivity index is 2.27. The molecule has 0 heterocycles. The number of carbonyl (C=O) groups excluding carboxylic acids is 1. The van der Waals surface area contributed by atoms with E-state index >= 15 is 0 Å². The van der Waals surface area contributed by atoms with Crippen molar-refractivity contribution in [2.24, 2.45) is 0 Å². The molecule has 0 saturated heterocycles. The van der Waals surface area contributed by atoms with Crippen LogP contribution in [0.4, 0.5) is 0 Å². The number of aromatic carboxylic acids is 1. The Morgan fingerprint density at radius 1 is 0.870 bits per heavy atom. The molecule has 0 aliphatic rings. The maximum atomic E-state index is 12.8. The second-order valence-corrected chi connectivity index (χ2v) is 5.36. The van der Waals surface area contributed by atoms with Gasteiger partial charge >= 0.3 is 5.97 Å². The fraction of sp³-hybridized carbons (Fsp3) is 0.0526. The fourth-order valence-electron chi connectivity index (χ4n) is 2.69. The number of phenols is 1. The van der Waals surface area contributed by atoms with Crippen LogP contribution in [0.2, 0.25) is 0 Å². The Bertz CT molecular complexity index is 936. The Morgan fingerprint density at radius 2 is 1.52 bits per heavy atom. The Hall–Kier alpha value is -3.14. The summed E-state index contributed by atoms with van der Waals surface area (Å²) in [7, 11) is 0. The molecule has 0 atom stereocenters. The zero-order valence-electron chi connectivity index (χ0n) is 12.4. The smallest absolute Gasteiger partial charge is 0.336 e. The average Bonchev–Trinajstić information content (AvgIpc) is 2.53. The third-order valence-electron chi connectivity index (χ3n) is 3.78. The van der Waals surface area contributed by atoms with Crippen molar-refractivity contribution in [1.82, 2.24) is 0 Å². The van der Waals surface area contributed by atoms with E-state index in [4.69, 9.17) is 0 Å². The van der Waals surface area contributed by atoms with Gasteiger partial charge in [-0.15, -0.1) is 0 Å². The van der Waals surface area contributed by atoms with Crippen LogP contribution in [0.1, 0.15) is 31.8 Å². The van der Waals surface area contributed by atoms with Gasteiger partial charge in [-0.2, -0.15) is 0 Å². The molecule has 0 aromatic heterocycles. The molecule has 4 nitrogen and oxygen atoms in total. The van der Waals surface area contributed by atoms with Crippen LogP contribution in [0.5, 0.6) is 5.75 Å². The Kier molecular flexibility index (Phi) is 3.58. The molecule has 2 N–H and O–H groups in total. The molecule has 0 spiro atoms. The van der Waals surface area contributed by atoms with E-state index in [1.807, 2.05) is 6.92 Å². The highest BCUT2D eigenvalue weighted by atomic mass is 16.4. The number of carbonyl (C=O) groups is 2. The molecule has 0 bridgehead atoms. The van der Waals surface area contributed by atoms with Crippen LogP contribution >= 0.6 is 0 Å². The standard InChI is InChI=1S/C19H14O4/c1-11-8-9-13(16(20)10-11)18(21)14-6-2-4-12-5-3-7-15(17(12)14)19(22)23/h2-10,20H,1H3,(H,22,23). The highest BCUT2D eigenvalue weighted by Gasteiger charge is 2.19. The maximum absolute atomic E-state index is 12.8. The van der Waals surface area contributed by atoms with E-state index in [2.05, 4.69) is 0 Å². The number of carboxylic acids is 1. The van der Waals surface area contributed by atoms with Crippen molar-refractivity contribution in [3.63, 3.8) is 0 Å². The topological polar surface area (TPSA) is 74.6 Å². The van der Waals surface area contributed by atoms with Crippen molar-refractivity contribution in [2.45, 2.75) is 6.92 Å². The molecule has 0 saturated carbocycles. The summed E-state index contributed by atoms with van der Waals surface area (Å²) in [5.74, 6) is -1.61. The van der Waals surface area contributed by atoms with Crippen molar-refractivity contribution in [1.29, 1.82) is 0 Å². The van der Waals surface area contributed by atoms with Gasteiger partial charge < -0.3 is 10.2 Å². The van der Waals surface area contributed by atoms with Gasteiger partial charge in [-0.1, -0.05) is 36.4 Å². The highest BCUT2D eigenvalue weighted by molar-refractivity contribution is 6.20. The molecule has 3 aromatic rings. The predicted molar refractivity (Wildman–Crippen MR) is 87.2 cm³/mol. The minimum Gasteiger partial charge on any atom is -0.507 e. The second-order valence-electron chi connectivity index (χ2n) is 5.36. The molecule has 23 heavy (non-hydrogen) atoms. The Labute approximate surface area is 132 Å². The lowest BCUT2D eigenvalue weighted by Gasteiger charge is -2.10. The predicted octanol–water partition coefficient (Wildman–Crippen LogP) is 3.78. The molecule has 0 aliphatic carbocycles. The van der Waals surface area contributed by atoms with E-state index in [1.165, 1.54) is 12.1 Å². The largest absolute Gasteiger partial charge is 0.507 e. The Morgan fingerprint density at radius 3 is 2.13 bits per heavy atom. The van der Waals surface area contributed by atoms with Gasteiger partial charge in [0, 0.05) is 10.9 Å². The van der Waals surface area contributed by atoms with Gasteiger partial charge in [-0.05, 0) is 36.1 Å². The summed E-state index contributed by atoms with van der Waals surface area (Å²) < 4.78 is 0. The van der Waals surface area contributed by atoms with E-state index in [0.29, 0.717) is 10.8 Å². The lowest BCUT2D eigenvalue weighted by Crippen LogP contribution is -2.06. The molecule has 0 radical (unpaired) electrons. The molecule has 0 aliphatic heterocycles. The van der Waals surface area contributed by atoms with Crippen molar-refractivity contribution in [3.8, 4) is 5.75 Å². The van der Waals surface area contributed by atoms with Crippen LogP contribution in [0.15, 0.2) is 54.6 Å². The zero-order valence-corrected chi connectivity index (χ0v) is 12.4. The van der Waals surface area contributed by atoms with Gasteiger partial charge in [0.1, 0.15) is 5.75 Å². The van der Waals surface area contributed by atoms with Crippen LogP contribution in [0, 0.1) is 6.92 Å². The summed E-state index contributed by atoms with van der Waals surface area (Å²) >= 11 is 0. The number of aromatic hydroxyl groups is 1. The first kappa shape index (κ1) is 14.8. The number of fused-ring (bicyclic) bond motifs is 1. The van der Waals surface area contributed by atoms with Gasteiger partial charge in [-0.25, -0.2) is 4.79 Å². The van der Waals surface area contributed by atoms with Gasteiger partial charge in [0.25, 0.3) is 0 Å². The molecular formula is C19H14O4. The zero-order chi connectivity index (χ0) is 16.6. The van der Waals surface area contributed by atoms with Crippen molar-refractivity contribution >= 4 is 22.5 Å². The number of aryl methyl sites for hydroxylation is 1.